The molecule has 0 amide bonds. The fourth-order valence-electron chi connectivity index (χ4n) is 3.68. The lowest BCUT2D eigenvalue weighted by Crippen LogP contribution is -2.51. The summed E-state index contributed by atoms with van der Waals surface area (Å²) in [5.74, 6) is 0. The molecule has 4 rings (SSSR count). The molecule has 1 aromatic heterocycles. The standard InChI is InChI=1S/C18H25N3OS/c1-13-3-4-16-17(14(13)2)19-18(23-16)21-9-7-20(8-10-21)15-5-11-22-12-6-15/h3-4,15H,5-12H2,1-2H3. The normalized spacial score (nSPS) is 21.2. The quantitative estimate of drug-likeness (QED) is 0.845. The van der Waals surface area contributed by atoms with Crippen LogP contribution in [-0.2, 0) is 4.74 Å². The van der Waals surface area contributed by atoms with Crippen LogP contribution in [0.15, 0.2) is 12.1 Å². The van der Waals surface area contributed by atoms with E-state index in [1.807, 2.05) is 11.3 Å². The molecule has 2 aromatic rings. The maximum absolute atomic E-state index is 5.49. The van der Waals surface area contributed by atoms with Crippen molar-refractivity contribution in [2.45, 2.75) is 32.7 Å². The summed E-state index contributed by atoms with van der Waals surface area (Å²) in [6, 6.07) is 5.16. The van der Waals surface area contributed by atoms with Gasteiger partial charge in [0.1, 0.15) is 0 Å². The van der Waals surface area contributed by atoms with Crippen molar-refractivity contribution in [2.24, 2.45) is 0 Å². The second kappa shape index (κ2) is 6.38. The number of rotatable bonds is 2. The van der Waals surface area contributed by atoms with Crippen molar-refractivity contribution in [3.8, 4) is 0 Å². The van der Waals surface area contributed by atoms with Crippen molar-refractivity contribution in [1.82, 2.24) is 9.88 Å². The lowest BCUT2D eigenvalue weighted by atomic mass is 10.1. The van der Waals surface area contributed by atoms with Crippen LogP contribution in [0.25, 0.3) is 10.2 Å². The first kappa shape index (κ1) is 15.4. The van der Waals surface area contributed by atoms with Crippen LogP contribution >= 0.6 is 11.3 Å². The van der Waals surface area contributed by atoms with Gasteiger partial charge in [0.15, 0.2) is 5.13 Å². The van der Waals surface area contributed by atoms with E-state index in [0.717, 1.165) is 45.4 Å². The second-order valence-electron chi connectivity index (χ2n) is 6.72. The number of piperazine rings is 1. The molecule has 0 bridgehead atoms. The van der Waals surface area contributed by atoms with Crippen LogP contribution < -0.4 is 4.90 Å². The van der Waals surface area contributed by atoms with Crippen LogP contribution in [0.2, 0.25) is 0 Å². The minimum Gasteiger partial charge on any atom is -0.381 e. The van der Waals surface area contributed by atoms with E-state index in [0.29, 0.717) is 0 Å². The van der Waals surface area contributed by atoms with Gasteiger partial charge in [-0.1, -0.05) is 17.4 Å². The molecule has 0 spiro atoms. The molecule has 5 heteroatoms. The summed E-state index contributed by atoms with van der Waals surface area (Å²) in [4.78, 5) is 10.1. The predicted octanol–water partition coefficient (Wildman–Crippen LogP) is 3.21. The highest BCUT2D eigenvalue weighted by atomic mass is 32.1. The molecule has 2 aliphatic rings. The average Bonchev–Trinajstić information content (AvgIpc) is 3.04. The number of hydrogen-bond donors (Lipinski definition) is 0. The van der Waals surface area contributed by atoms with Gasteiger partial charge in [0.05, 0.1) is 10.2 Å². The Morgan fingerprint density at radius 3 is 2.57 bits per heavy atom. The van der Waals surface area contributed by atoms with E-state index < -0.39 is 0 Å². The van der Waals surface area contributed by atoms with Gasteiger partial charge in [0.2, 0.25) is 0 Å². The first-order chi connectivity index (χ1) is 11.2. The monoisotopic (exact) mass is 331 g/mol. The van der Waals surface area contributed by atoms with E-state index in [2.05, 4.69) is 35.8 Å². The Balaban J connectivity index is 1.47. The highest BCUT2D eigenvalue weighted by Gasteiger charge is 2.26. The molecule has 0 atom stereocenters. The Bertz CT molecular complexity index is 685. The SMILES string of the molecule is Cc1ccc2sc(N3CCN(C4CCOCC4)CC3)nc2c1C. The molecule has 0 saturated carbocycles. The van der Waals surface area contributed by atoms with Crippen molar-refractivity contribution < 1.29 is 4.74 Å². The van der Waals surface area contributed by atoms with Gasteiger partial charge in [0, 0.05) is 45.4 Å². The minimum atomic E-state index is 0.728. The third kappa shape index (κ3) is 2.97. The fraction of sp³-hybridized carbons (Fsp3) is 0.611. The Labute approximate surface area is 142 Å². The number of aromatic nitrogens is 1. The zero-order chi connectivity index (χ0) is 15.8. The smallest absolute Gasteiger partial charge is 0.186 e. The van der Waals surface area contributed by atoms with Crippen LogP contribution in [-0.4, -0.2) is 55.3 Å². The van der Waals surface area contributed by atoms with Crippen LogP contribution in [0, 0.1) is 13.8 Å². The van der Waals surface area contributed by atoms with Crippen molar-refractivity contribution in [1.29, 1.82) is 0 Å². The van der Waals surface area contributed by atoms with Crippen LogP contribution in [0.4, 0.5) is 5.13 Å². The van der Waals surface area contributed by atoms with E-state index in [-0.39, 0.29) is 0 Å². The summed E-state index contributed by atoms with van der Waals surface area (Å²) in [6.07, 6.45) is 2.39. The van der Waals surface area contributed by atoms with Crippen LogP contribution in [0.1, 0.15) is 24.0 Å². The molecule has 0 aliphatic carbocycles. The number of aryl methyl sites for hydroxylation is 2. The topological polar surface area (TPSA) is 28.6 Å². The molecule has 2 saturated heterocycles. The Hall–Kier alpha value is -1.17. The van der Waals surface area contributed by atoms with E-state index in [1.165, 1.54) is 39.3 Å². The zero-order valence-corrected chi connectivity index (χ0v) is 14.9. The third-order valence-corrected chi connectivity index (χ3v) is 6.45. The molecular weight excluding hydrogens is 306 g/mol. The molecule has 2 fully saturated rings. The summed E-state index contributed by atoms with van der Waals surface area (Å²) in [5, 5.41) is 1.19. The molecular formula is C18H25N3OS. The first-order valence-corrected chi connectivity index (χ1v) is 9.47. The van der Waals surface area contributed by atoms with Crippen LogP contribution in [0.5, 0.6) is 0 Å². The van der Waals surface area contributed by atoms with Crippen molar-refractivity contribution in [3.05, 3.63) is 23.3 Å². The van der Waals surface area contributed by atoms with Crippen molar-refractivity contribution >= 4 is 26.7 Å². The Kier molecular flexibility index (Phi) is 4.26. The van der Waals surface area contributed by atoms with E-state index in [9.17, 15) is 0 Å². The van der Waals surface area contributed by atoms with Gasteiger partial charge >= 0.3 is 0 Å². The molecule has 124 valence electrons. The maximum Gasteiger partial charge on any atom is 0.186 e. The van der Waals surface area contributed by atoms with Gasteiger partial charge in [-0.25, -0.2) is 4.98 Å². The summed E-state index contributed by atoms with van der Waals surface area (Å²) in [7, 11) is 0. The van der Waals surface area contributed by atoms with Gasteiger partial charge in [-0.2, -0.15) is 0 Å². The number of hydrogen-bond acceptors (Lipinski definition) is 5. The maximum atomic E-state index is 5.49. The molecule has 4 nitrogen and oxygen atoms in total. The molecule has 1 aromatic carbocycles. The van der Waals surface area contributed by atoms with Gasteiger partial charge in [0.25, 0.3) is 0 Å². The number of nitrogens with zero attached hydrogens (tertiary/aromatic N) is 3. The highest BCUT2D eigenvalue weighted by molar-refractivity contribution is 7.22. The predicted molar refractivity (Wildman–Crippen MR) is 96.7 cm³/mol. The number of ether oxygens (including phenoxy) is 1. The third-order valence-electron chi connectivity index (χ3n) is 5.37. The molecule has 0 N–H and O–H groups in total. The Morgan fingerprint density at radius 1 is 1.09 bits per heavy atom. The molecule has 3 heterocycles. The highest BCUT2D eigenvalue weighted by Crippen LogP contribution is 2.32. The molecule has 2 aliphatic heterocycles. The number of thiazole rings is 1. The molecule has 23 heavy (non-hydrogen) atoms. The lowest BCUT2D eigenvalue weighted by molar-refractivity contribution is 0.0321. The molecule has 0 unspecified atom stereocenters. The van der Waals surface area contributed by atoms with Gasteiger partial charge in [-0.3, -0.25) is 4.90 Å². The average molecular weight is 331 g/mol. The van der Waals surface area contributed by atoms with E-state index in [4.69, 9.17) is 9.72 Å². The lowest BCUT2D eigenvalue weighted by Gasteiger charge is -2.40. The van der Waals surface area contributed by atoms with E-state index in [1.54, 1.807) is 0 Å². The van der Waals surface area contributed by atoms with Crippen LogP contribution in [0.3, 0.4) is 0 Å². The summed E-state index contributed by atoms with van der Waals surface area (Å²) < 4.78 is 6.80. The fourth-order valence-corrected chi connectivity index (χ4v) is 4.76. The Morgan fingerprint density at radius 2 is 1.83 bits per heavy atom. The molecule has 0 radical (unpaired) electrons. The number of anilines is 1. The summed E-state index contributed by atoms with van der Waals surface area (Å²) in [6.45, 7) is 10.7. The summed E-state index contributed by atoms with van der Waals surface area (Å²) >= 11 is 1.84. The van der Waals surface area contributed by atoms with Crippen molar-refractivity contribution in [2.75, 3.05) is 44.3 Å². The van der Waals surface area contributed by atoms with Gasteiger partial charge in [-0.05, 0) is 43.9 Å². The largest absolute Gasteiger partial charge is 0.381 e. The minimum absolute atomic E-state index is 0.728. The second-order valence-corrected chi connectivity index (χ2v) is 7.73. The first-order valence-electron chi connectivity index (χ1n) is 8.66. The number of fused-ring (bicyclic) bond motifs is 1. The number of benzene rings is 1. The zero-order valence-electron chi connectivity index (χ0n) is 14.0. The van der Waals surface area contributed by atoms with E-state index >= 15 is 0 Å². The van der Waals surface area contributed by atoms with Gasteiger partial charge < -0.3 is 9.64 Å². The van der Waals surface area contributed by atoms with Crippen molar-refractivity contribution in [3.63, 3.8) is 0 Å². The summed E-state index contributed by atoms with van der Waals surface area (Å²) in [5.41, 5.74) is 3.85. The van der Waals surface area contributed by atoms with Gasteiger partial charge in [-0.15, -0.1) is 0 Å².